The van der Waals surface area contributed by atoms with E-state index in [4.69, 9.17) is 11.6 Å². The van der Waals surface area contributed by atoms with Crippen molar-refractivity contribution >= 4 is 28.8 Å². The van der Waals surface area contributed by atoms with Gasteiger partial charge in [0.1, 0.15) is 5.82 Å². The molecule has 4 rings (SSSR count). The molecular weight excluding hydrogens is 383 g/mol. The smallest absolute Gasteiger partial charge is 0.246 e. The van der Waals surface area contributed by atoms with Crippen molar-refractivity contribution in [3.63, 3.8) is 0 Å². The van der Waals surface area contributed by atoms with Crippen LogP contribution in [0.15, 0.2) is 61.4 Å². The highest BCUT2D eigenvalue weighted by Crippen LogP contribution is 2.42. The van der Waals surface area contributed by atoms with E-state index in [-0.39, 0.29) is 17.6 Å². The third kappa shape index (κ3) is 3.40. The van der Waals surface area contributed by atoms with Crippen molar-refractivity contribution in [1.29, 1.82) is 0 Å². The predicted octanol–water partition coefficient (Wildman–Crippen LogP) is 5.26. The van der Waals surface area contributed by atoms with Gasteiger partial charge in [0.15, 0.2) is 0 Å². The van der Waals surface area contributed by atoms with Crippen LogP contribution in [0, 0.1) is 5.82 Å². The number of halogens is 2. The van der Waals surface area contributed by atoms with Crippen molar-refractivity contribution in [3.8, 4) is 11.1 Å². The normalized spacial score (nSPS) is 16.1. The van der Waals surface area contributed by atoms with E-state index >= 15 is 0 Å². The van der Waals surface area contributed by atoms with Crippen LogP contribution in [0.3, 0.4) is 0 Å². The third-order valence-electron chi connectivity index (χ3n) is 4.76. The van der Waals surface area contributed by atoms with Crippen molar-refractivity contribution in [1.82, 2.24) is 9.88 Å². The van der Waals surface area contributed by atoms with Gasteiger partial charge >= 0.3 is 0 Å². The number of rotatable bonds is 3. The summed E-state index contributed by atoms with van der Waals surface area (Å²) in [6.07, 6.45) is 4.17. The Balaban J connectivity index is 1.85. The van der Waals surface area contributed by atoms with Crippen LogP contribution in [0.2, 0.25) is 4.34 Å². The molecule has 0 bridgehead atoms. The molecule has 27 heavy (non-hydrogen) atoms. The van der Waals surface area contributed by atoms with Gasteiger partial charge in [0, 0.05) is 29.1 Å². The van der Waals surface area contributed by atoms with E-state index < -0.39 is 0 Å². The molecule has 3 nitrogen and oxygen atoms in total. The van der Waals surface area contributed by atoms with E-state index in [1.807, 2.05) is 30.3 Å². The zero-order chi connectivity index (χ0) is 19.0. The van der Waals surface area contributed by atoms with E-state index in [1.165, 1.54) is 29.7 Å². The zero-order valence-electron chi connectivity index (χ0n) is 14.4. The first kappa shape index (κ1) is 17.9. The molecule has 1 aliphatic heterocycles. The summed E-state index contributed by atoms with van der Waals surface area (Å²) in [6.45, 7) is 4.65. The summed E-state index contributed by atoms with van der Waals surface area (Å²) in [5.41, 5.74) is 3.74. The molecule has 6 heteroatoms. The maximum absolute atomic E-state index is 13.7. The van der Waals surface area contributed by atoms with Crippen molar-refractivity contribution < 1.29 is 9.18 Å². The lowest BCUT2D eigenvalue weighted by Gasteiger charge is -2.33. The van der Waals surface area contributed by atoms with Crippen LogP contribution in [0.25, 0.3) is 11.1 Å². The Bertz CT molecular complexity index is 1030. The average molecular weight is 399 g/mol. The van der Waals surface area contributed by atoms with Gasteiger partial charge in [-0.25, -0.2) is 4.39 Å². The lowest BCUT2D eigenvalue weighted by molar-refractivity contribution is -0.127. The first-order chi connectivity index (χ1) is 13.1. The number of fused-ring (bicyclic) bond motifs is 1. The topological polar surface area (TPSA) is 33.2 Å². The summed E-state index contributed by atoms with van der Waals surface area (Å²) in [4.78, 5) is 19.1. The van der Waals surface area contributed by atoms with Gasteiger partial charge in [0.2, 0.25) is 5.91 Å². The van der Waals surface area contributed by atoms with E-state index in [9.17, 15) is 9.18 Å². The number of nitrogens with zero attached hydrogens (tertiary/aromatic N) is 2. The molecule has 136 valence electrons. The minimum atomic E-state index is -0.381. The van der Waals surface area contributed by atoms with Crippen molar-refractivity contribution in [2.75, 3.05) is 6.54 Å². The molecule has 0 radical (unpaired) electrons. The Morgan fingerprint density at radius 3 is 2.89 bits per heavy atom. The summed E-state index contributed by atoms with van der Waals surface area (Å²) in [6, 6.07) is 11.3. The highest BCUT2D eigenvalue weighted by molar-refractivity contribution is 7.16. The number of amides is 1. The molecule has 0 N–H and O–H groups in total. The fraction of sp³-hybridized carbons (Fsp3) is 0.143. The molecule has 0 saturated carbocycles. The van der Waals surface area contributed by atoms with Gasteiger partial charge in [0.25, 0.3) is 0 Å². The lowest BCUT2D eigenvalue weighted by Crippen LogP contribution is -2.37. The Kier molecular flexibility index (Phi) is 4.81. The van der Waals surface area contributed by atoms with Gasteiger partial charge in [-0.1, -0.05) is 42.4 Å². The number of carbonyl (C=O) groups excluding carboxylic acids is 1. The number of carbonyl (C=O) groups is 1. The Hall–Kier alpha value is -2.50. The van der Waals surface area contributed by atoms with E-state index in [1.54, 1.807) is 11.1 Å². The van der Waals surface area contributed by atoms with Crippen LogP contribution in [0.4, 0.5) is 4.39 Å². The largest absolute Gasteiger partial charge is 0.333 e. The summed E-state index contributed by atoms with van der Waals surface area (Å²) in [7, 11) is 0. The summed E-state index contributed by atoms with van der Waals surface area (Å²) in [5, 5.41) is 0. The van der Waals surface area contributed by atoms with Crippen molar-refractivity contribution in [3.05, 3.63) is 87.6 Å². The first-order valence-corrected chi connectivity index (χ1v) is 9.65. The monoisotopic (exact) mass is 398 g/mol. The second-order valence-corrected chi connectivity index (χ2v) is 8.15. The molecule has 0 spiro atoms. The molecule has 0 saturated heterocycles. The number of hydrogen-bond acceptors (Lipinski definition) is 3. The van der Waals surface area contributed by atoms with E-state index in [0.717, 1.165) is 21.6 Å². The Labute approximate surface area is 165 Å². The van der Waals surface area contributed by atoms with Gasteiger partial charge in [-0.05, 0) is 34.9 Å². The van der Waals surface area contributed by atoms with Crippen molar-refractivity contribution in [2.45, 2.75) is 12.5 Å². The molecule has 0 aliphatic carbocycles. The maximum atomic E-state index is 13.7. The molecule has 3 aromatic rings. The third-order valence-corrected chi connectivity index (χ3v) is 6.03. The van der Waals surface area contributed by atoms with Gasteiger partial charge in [-0.2, -0.15) is 0 Å². The van der Waals surface area contributed by atoms with E-state index in [2.05, 4.69) is 11.6 Å². The number of aromatic nitrogens is 1. The number of thiophene rings is 1. The summed E-state index contributed by atoms with van der Waals surface area (Å²) < 4.78 is 14.4. The molecule has 3 heterocycles. The zero-order valence-corrected chi connectivity index (χ0v) is 15.9. The minimum absolute atomic E-state index is 0.0548. The van der Waals surface area contributed by atoms with Crippen LogP contribution in [0.5, 0.6) is 0 Å². The molecule has 1 amide bonds. The number of hydrogen-bond donors (Lipinski definition) is 0. The SMILES string of the molecule is C=CC(=O)N1Cc2sc(Cl)cc2[C@@H](c2ccccc2-c2cncc(F)c2)C1. The second-order valence-electron chi connectivity index (χ2n) is 6.38. The summed E-state index contributed by atoms with van der Waals surface area (Å²) >= 11 is 7.77. The predicted molar refractivity (Wildman–Crippen MR) is 106 cm³/mol. The molecule has 1 atom stereocenters. The van der Waals surface area contributed by atoms with Crippen LogP contribution in [-0.4, -0.2) is 22.3 Å². The first-order valence-electron chi connectivity index (χ1n) is 8.46. The minimum Gasteiger partial charge on any atom is -0.333 e. The van der Waals surface area contributed by atoms with Crippen molar-refractivity contribution in [2.24, 2.45) is 0 Å². The fourth-order valence-corrected chi connectivity index (χ4v) is 4.93. The second kappa shape index (κ2) is 7.25. The van der Waals surface area contributed by atoms with E-state index in [0.29, 0.717) is 23.0 Å². The highest BCUT2D eigenvalue weighted by atomic mass is 35.5. The van der Waals surface area contributed by atoms with Gasteiger partial charge in [-0.15, -0.1) is 11.3 Å². The number of pyridine rings is 1. The van der Waals surface area contributed by atoms with Gasteiger partial charge in [-0.3, -0.25) is 9.78 Å². The Morgan fingerprint density at radius 2 is 2.11 bits per heavy atom. The van der Waals surface area contributed by atoms with Crippen LogP contribution < -0.4 is 0 Å². The fourth-order valence-electron chi connectivity index (χ4n) is 3.57. The summed E-state index contributed by atoms with van der Waals surface area (Å²) in [5.74, 6) is -0.547. The lowest BCUT2D eigenvalue weighted by atomic mass is 9.84. The van der Waals surface area contributed by atoms with Crippen LogP contribution in [0.1, 0.15) is 21.9 Å². The van der Waals surface area contributed by atoms with Crippen LogP contribution in [-0.2, 0) is 11.3 Å². The Morgan fingerprint density at radius 1 is 1.30 bits per heavy atom. The molecule has 0 unspecified atom stereocenters. The molecule has 0 fully saturated rings. The van der Waals surface area contributed by atoms with Gasteiger partial charge < -0.3 is 4.90 Å². The maximum Gasteiger partial charge on any atom is 0.246 e. The van der Waals surface area contributed by atoms with Gasteiger partial charge in [0.05, 0.1) is 17.1 Å². The standard InChI is InChI=1S/C21H16ClFN2OS/c1-2-21(26)25-11-18(17-8-20(22)27-19(17)12-25)16-6-4-3-5-15(16)13-7-14(23)10-24-9-13/h2-10,18H,1,11-12H2/t18-/m1/s1. The average Bonchev–Trinajstić information content (AvgIpc) is 3.06. The molecule has 1 aliphatic rings. The highest BCUT2D eigenvalue weighted by Gasteiger charge is 2.31. The molecule has 2 aromatic heterocycles. The molecular formula is C21H16ClFN2OS. The van der Waals surface area contributed by atoms with Crippen LogP contribution >= 0.6 is 22.9 Å². The number of benzene rings is 1. The quantitative estimate of drug-likeness (QED) is 0.563. The molecule has 1 aromatic carbocycles.